The number of benzene rings is 3. The molecule has 0 bridgehead atoms. The van der Waals surface area contributed by atoms with E-state index in [1.54, 1.807) is 11.3 Å². The van der Waals surface area contributed by atoms with Gasteiger partial charge in [0, 0.05) is 5.39 Å². The molecule has 0 atom stereocenters. The van der Waals surface area contributed by atoms with Crippen LogP contribution in [0.25, 0.3) is 32.6 Å². The van der Waals surface area contributed by atoms with Crippen molar-refractivity contribution in [3.63, 3.8) is 0 Å². The summed E-state index contributed by atoms with van der Waals surface area (Å²) in [4.78, 5) is 4.85. The summed E-state index contributed by atoms with van der Waals surface area (Å²) in [5.41, 5.74) is 7.80. The number of nitrogens with one attached hydrogen (secondary N) is 1. The molecule has 0 aliphatic carbocycles. The van der Waals surface area contributed by atoms with Crippen molar-refractivity contribution >= 4 is 38.2 Å². The molecule has 0 aliphatic rings. The fraction of sp³-hybridized carbons (Fsp3) is 0.0435. The standard InChI is InChI=1S/C23H17N3OS/c1-15-10-12-17(13-11-15)25-26-23-22(24-18-7-3-5-9-21(18)28-23)20-14-16-6-2-4-8-19(16)27-20/h2-14,25H,1H3/b26-23-. The average Bonchev–Trinajstić information content (AvgIpc) is 3.17. The molecule has 28 heavy (non-hydrogen) atoms. The highest BCUT2D eigenvalue weighted by molar-refractivity contribution is 7.16. The first-order chi connectivity index (χ1) is 13.8. The van der Waals surface area contributed by atoms with Gasteiger partial charge in [-0.25, -0.2) is 4.98 Å². The van der Waals surface area contributed by atoms with Crippen molar-refractivity contribution in [2.24, 2.45) is 5.10 Å². The van der Waals surface area contributed by atoms with Gasteiger partial charge < -0.3 is 4.42 Å². The number of rotatable bonds is 3. The first-order valence-electron chi connectivity index (χ1n) is 9.01. The van der Waals surface area contributed by atoms with Crippen LogP contribution in [0.15, 0.2) is 88.4 Å². The maximum atomic E-state index is 6.07. The smallest absolute Gasteiger partial charge is 0.166 e. The van der Waals surface area contributed by atoms with Gasteiger partial charge in [-0.2, -0.15) is 5.10 Å². The zero-order valence-electron chi connectivity index (χ0n) is 15.2. The van der Waals surface area contributed by atoms with E-state index >= 15 is 0 Å². The van der Waals surface area contributed by atoms with E-state index in [0.29, 0.717) is 5.76 Å². The van der Waals surface area contributed by atoms with Gasteiger partial charge >= 0.3 is 0 Å². The van der Waals surface area contributed by atoms with Crippen LogP contribution in [0.1, 0.15) is 5.56 Å². The summed E-state index contributed by atoms with van der Waals surface area (Å²) in [6.07, 6.45) is 0. The van der Waals surface area contributed by atoms with E-state index < -0.39 is 0 Å². The van der Waals surface area contributed by atoms with Crippen molar-refractivity contribution in [1.29, 1.82) is 0 Å². The van der Waals surface area contributed by atoms with Crippen molar-refractivity contribution in [3.8, 4) is 11.5 Å². The molecule has 5 rings (SSSR count). The zero-order chi connectivity index (χ0) is 18.9. The summed E-state index contributed by atoms with van der Waals surface area (Å²) in [7, 11) is 0. The molecule has 0 aliphatic heterocycles. The molecule has 4 nitrogen and oxygen atoms in total. The highest BCUT2D eigenvalue weighted by Gasteiger charge is 2.12. The molecule has 0 saturated heterocycles. The molecule has 2 heterocycles. The molecular formula is C23H17N3OS. The number of aryl methyl sites for hydroxylation is 1. The van der Waals surface area contributed by atoms with Crippen LogP contribution in [-0.4, -0.2) is 4.98 Å². The Bertz CT molecular complexity index is 1320. The van der Waals surface area contributed by atoms with Crippen LogP contribution in [0.5, 0.6) is 0 Å². The van der Waals surface area contributed by atoms with Crippen molar-refractivity contribution in [2.45, 2.75) is 6.92 Å². The van der Waals surface area contributed by atoms with Crippen molar-refractivity contribution in [3.05, 3.63) is 89.1 Å². The van der Waals surface area contributed by atoms with Gasteiger partial charge in [-0.15, -0.1) is 11.3 Å². The number of hydrogen-bond acceptors (Lipinski definition) is 5. The quantitative estimate of drug-likeness (QED) is 0.392. The molecule has 5 aromatic rings. The minimum Gasteiger partial charge on any atom is -0.454 e. The van der Waals surface area contributed by atoms with E-state index in [-0.39, 0.29) is 0 Å². The van der Waals surface area contributed by atoms with Crippen LogP contribution >= 0.6 is 11.3 Å². The predicted octanol–water partition coefficient (Wildman–Crippen LogP) is 5.95. The van der Waals surface area contributed by atoms with E-state index in [0.717, 1.165) is 37.2 Å². The van der Waals surface area contributed by atoms with Gasteiger partial charge in [-0.05, 0) is 43.3 Å². The molecule has 0 saturated carbocycles. The Morgan fingerprint density at radius 2 is 1.71 bits per heavy atom. The fourth-order valence-corrected chi connectivity index (χ4v) is 3.94. The van der Waals surface area contributed by atoms with Gasteiger partial charge in [0.25, 0.3) is 0 Å². The third-order valence-electron chi connectivity index (χ3n) is 4.50. The summed E-state index contributed by atoms with van der Waals surface area (Å²) in [6, 6.07) is 26.2. The summed E-state index contributed by atoms with van der Waals surface area (Å²) in [5, 5.41) is 5.70. The maximum absolute atomic E-state index is 6.07. The van der Waals surface area contributed by atoms with E-state index in [2.05, 4.69) is 35.7 Å². The van der Waals surface area contributed by atoms with Gasteiger partial charge in [0.2, 0.25) is 0 Å². The Kier molecular flexibility index (Phi) is 4.14. The first-order valence-corrected chi connectivity index (χ1v) is 9.83. The van der Waals surface area contributed by atoms with Crippen LogP contribution in [0.4, 0.5) is 5.69 Å². The lowest BCUT2D eigenvalue weighted by Crippen LogP contribution is -2.08. The Labute approximate surface area is 165 Å². The lowest BCUT2D eigenvalue weighted by atomic mass is 10.2. The minimum absolute atomic E-state index is 0.715. The van der Waals surface area contributed by atoms with Gasteiger partial charge in [-0.1, -0.05) is 48.0 Å². The lowest BCUT2D eigenvalue weighted by Gasteiger charge is -2.03. The van der Waals surface area contributed by atoms with Crippen LogP contribution < -0.4 is 10.1 Å². The van der Waals surface area contributed by atoms with E-state index in [1.165, 1.54) is 5.56 Å². The van der Waals surface area contributed by atoms with E-state index in [9.17, 15) is 0 Å². The van der Waals surface area contributed by atoms with Crippen molar-refractivity contribution < 1.29 is 4.42 Å². The summed E-state index contributed by atoms with van der Waals surface area (Å²) >= 11 is 1.59. The third kappa shape index (κ3) is 3.17. The predicted molar refractivity (Wildman–Crippen MR) is 115 cm³/mol. The van der Waals surface area contributed by atoms with Gasteiger partial charge in [0.05, 0.1) is 15.9 Å². The number of aromatic nitrogens is 1. The number of hydrogen-bond donors (Lipinski definition) is 1. The molecule has 2 aromatic heterocycles. The Morgan fingerprint density at radius 3 is 2.57 bits per heavy atom. The van der Waals surface area contributed by atoms with E-state index in [1.807, 2.05) is 60.7 Å². The van der Waals surface area contributed by atoms with Gasteiger partial charge in [-0.3, -0.25) is 5.43 Å². The lowest BCUT2D eigenvalue weighted by molar-refractivity contribution is 0.628. The Hall–Kier alpha value is -3.44. The van der Waals surface area contributed by atoms with Crippen LogP contribution in [-0.2, 0) is 0 Å². The SMILES string of the molecule is Cc1ccc(N/N=c2\sc3ccccc3nc2-c2cc3ccccc3o2)cc1. The van der Waals surface area contributed by atoms with Gasteiger partial charge in [0.15, 0.2) is 10.4 Å². The second-order valence-corrected chi connectivity index (χ2v) is 7.60. The van der Waals surface area contributed by atoms with Crippen molar-refractivity contribution in [1.82, 2.24) is 4.98 Å². The number of para-hydroxylation sites is 2. The van der Waals surface area contributed by atoms with E-state index in [4.69, 9.17) is 9.40 Å². The Morgan fingerprint density at radius 1 is 0.929 bits per heavy atom. The van der Waals surface area contributed by atoms with Crippen LogP contribution in [0, 0.1) is 6.92 Å². The fourth-order valence-electron chi connectivity index (χ4n) is 3.03. The topological polar surface area (TPSA) is 50.4 Å². The van der Waals surface area contributed by atoms with Gasteiger partial charge in [0.1, 0.15) is 11.3 Å². The number of nitrogens with zero attached hydrogens (tertiary/aromatic N) is 2. The highest BCUT2D eigenvalue weighted by atomic mass is 32.1. The van der Waals surface area contributed by atoms with Crippen LogP contribution in [0.2, 0.25) is 0 Å². The molecule has 0 spiro atoms. The second kappa shape index (κ2) is 6.94. The number of fused-ring (bicyclic) bond motifs is 2. The molecule has 0 fully saturated rings. The summed E-state index contributed by atoms with van der Waals surface area (Å²) in [5.74, 6) is 0.715. The molecule has 1 N–H and O–H groups in total. The van der Waals surface area contributed by atoms with Crippen LogP contribution in [0.3, 0.4) is 0 Å². The zero-order valence-corrected chi connectivity index (χ0v) is 16.0. The van der Waals surface area contributed by atoms with Crippen molar-refractivity contribution in [2.75, 3.05) is 5.43 Å². The molecule has 0 amide bonds. The molecule has 3 aromatic carbocycles. The highest BCUT2D eigenvalue weighted by Crippen LogP contribution is 2.27. The molecule has 0 unspecified atom stereocenters. The molecule has 5 heteroatoms. The minimum atomic E-state index is 0.715. The third-order valence-corrected chi connectivity index (χ3v) is 5.55. The normalized spacial score (nSPS) is 12.0. The summed E-state index contributed by atoms with van der Waals surface area (Å²) in [6.45, 7) is 2.07. The molecule has 136 valence electrons. The molecular weight excluding hydrogens is 366 g/mol. The maximum Gasteiger partial charge on any atom is 0.166 e. The average molecular weight is 383 g/mol. The number of furan rings is 1. The first kappa shape index (κ1) is 16.7. The second-order valence-electron chi connectivity index (χ2n) is 6.57. The summed E-state index contributed by atoms with van der Waals surface area (Å²) < 4.78 is 7.92. The Balaban J connectivity index is 1.68. The molecule has 0 radical (unpaired) electrons. The largest absolute Gasteiger partial charge is 0.454 e. The monoisotopic (exact) mass is 383 g/mol. The number of anilines is 1.